The van der Waals surface area contributed by atoms with E-state index in [1.54, 1.807) is 0 Å². The van der Waals surface area contributed by atoms with Crippen LogP contribution >= 0.6 is 31.9 Å². The summed E-state index contributed by atoms with van der Waals surface area (Å²) in [5.74, 6) is 0. The van der Waals surface area contributed by atoms with Gasteiger partial charge in [-0.1, -0.05) is 0 Å². The van der Waals surface area contributed by atoms with E-state index in [0.717, 1.165) is 4.47 Å². The van der Waals surface area contributed by atoms with Gasteiger partial charge in [-0.2, -0.15) is 0 Å². The summed E-state index contributed by atoms with van der Waals surface area (Å²) in [7, 11) is 0. The SMILES string of the molecule is Brc1ccc(Br)c2[se]ncc12. The summed E-state index contributed by atoms with van der Waals surface area (Å²) < 4.78 is 7.90. The van der Waals surface area contributed by atoms with Crippen molar-refractivity contribution in [2.45, 2.75) is 0 Å². The molecule has 0 fully saturated rings. The third-order valence-corrected chi connectivity index (χ3v) is 5.11. The molecule has 1 heterocycles. The predicted octanol–water partition coefficient (Wildman–Crippen LogP) is 2.82. The number of hydrogen-bond acceptors (Lipinski definition) is 1. The van der Waals surface area contributed by atoms with Crippen LogP contribution in [0.15, 0.2) is 27.3 Å². The van der Waals surface area contributed by atoms with E-state index in [1.165, 1.54) is 14.1 Å². The molecule has 11 heavy (non-hydrogen) atoms. The maximum atomic E-state index is 4.25. The molecule has 4 heteroatoms. The first-order chi connectivity index (χ1) is 5.29. The Bertz CT molecular complexity index is 360. The van der Waals surface area contributed by atoms with Gasteiger partial charge in [-0.15, -0.1) is 0 Å². The van der Waals surface area contributed by atoms with Gasteiger partial charge in [0.15, 0.2) is 0 Å². The Labute approximate surface area is 87.0 Å². The van der Waals surface area contributed by atoms with E-state index in [0.29, 0.717) is 0 Å². The van der Waals surface area contributed by atoms with Gasteiger partial charge in [0, 0.05) is 0 Å². The van der Waals surface area contributed by atoms with E-state index in [9.17, 15) is 0 Å². The van der Waals surface area contributed by atoms with Gasteiger partial charge in [0.2, 0.25) is 0 Å². The fraction of sp³-hybridized carbons (Fsp3) is 0. The quantitative estimate of drug-likeness (QED) is 0.673. The predicted molar refractivity (Wildman–Crippen MR) is 54.1 cm³/mol. The number of benzene rings is 1. The summed E-state index contributed by atoms with van der Waals surface area (Å²) in [6, 6.07) is 4.09. The van der Waals surface area contributed by atoms with Gasteiger partial charge in [0.1, 0.15) is 0 Å². The molecule has 1 aromatic carbocycles. The molecule has 0 unspecified atom stereocenters. The van der Waals surface area contributed by atoms with E-state index >= 15 is 0 Å². The Morgan fingerprint density at radius 1 is 1.18 bits per heavy atom. The summed E-state index contributed by atoms with van der Waals surface area (Å²) in [6.45, 7) is 0. The molecule has 0 radical (unpaired) electrons. The Morgan fingerprint density at radius 3 is 2.64 bits per heavy atom. The number of aromatic nitrogens is 1. The van der Waals surface area contributed by atoms with Crippen molar-refractivity contribution in [1.82, 2.24) is 3.98 Å². The fourth-order valence-corrected chi connectivity index (χ4v) is 3.77. The summed E-state index contributed by atoms with van der Waals surface area (Å²) >= 11 is 7.25. The Kier molecular flexibility index (Phi) is 2.19. The van der Waals surface area contributed by atoms with Crippen LogP contribution in [0.1, 0.15) is 0 Å². The summed E-state index contributed by atoms with van der Waals surface area (Å²) in [6.07, 6.45) is 1.93. The first-order valence-electron chi connectivity index (χ1n) is 2.97. The first kappa shape index (κ1) is 7.99. The topological polar surface area (TPSA) is 12.9 Å². The van der Waals surface area contributed by atoms with E-state index in [2.05, 4.69) is 41.9 Å². The minimum absolute atomic E-state index is 0.276. The van der Waals surface area contributed by atoms with Crippen molar-refractivity contribution < 1.29 is 0 Å². The standard InChI is InChI=1S/C7H3Br2NSe/c8-5-1-2-6(9)7-4(5)3-10-11-7/h1-3H. The minimum atomic E-state index is 0.276. The summed E-state index contributed by atoms with van der Waals surface area (Å²) in [5, 5.41) is 1.24. The van der Waals surface area contributed by atoms with Crippen LogP contribution in [-0.2, 0) is 0 Å². The molecule has 56 valence electrons. The summed E-state index contributed by atoms with van der Waals surface area (Å²) in [5.41, 5.74) is 0. The second kappa shape index (κ2) is 3.02. The number of halogens is 2. The molecule has 0 amide bonds. The van der Waals surface area contributed by atoms with Crippen molar-refractivity contribution >= 4 is 56.2 Å². The second-order valence-electron chi connectivity index (χ2n) is 2.10. The molecule has 0 aliphatic carbocycles. The molecular weight excluding hydrogens is 337 g/mol. The van der Waals surface area contributed by atoms with E-state index < -0.39 is 0 Å². The Balaban J connectivity index is 2.96. The molecule has 2 rings (SSSR count). The van der Waals surface area contributed by atoms with Crippen LogP contribution in [0.4, 0.5) is 0 Å². The maximum absolute atomic E-state index is 4.25. The monoisotopic (exact) mass is 339 g/mol. The number of rotatable bonds is 0. The fourth-order valence-electron chi connectivity index (χ4n) is 0.894. The first-order valence-corrected chi connectivity index (χ1v) is 6.18. The van der Waals surface area contributed by atoms with Crippen molar-refractivity contribution in [3.63, 3.8) is 0 Å². The molecule has 0 saturated heterocycles. The average Bonchev–Trinajstić information content (AvgIpc) is 2.45. The average molecular weight is 340 g/mol. The molecule has 0 N–H and O–H groups in total. The van der Waals surface area contributed by atoms with Crippen molar-refractivity contribution in [3.05, 3.63) is 27.3 Å². The van der Waals surface area contributed by atoms with Crippen molar-refractivity contribution in [2.75, 3.05) is 0 Å². The van der Waals surface area contributed by atoms with Gasteiger partial charge in [-0.25, -0.2) is 0 Å². The third-order valence-electron chi connectivity index (χ3n) is 1.42. The Hall–Kier alpha value is 0.369. The van der Waals surface area contributed by atoms with Crippen molar-refractivity contribution in [1.29, 1.82) is 0 Å². The molecule has 0 bridgehead atoms. The molecule has 0 atom stereocenters. The van der Waals surface area contributed by atoms with Crippen LogP contribution in [0.25, 0.3) is 9.65 Å². The number of nitrogens with zero attached hydrogens (tertiary/aromatic N) is 1. The van der Waals surface area contributed by atoms with Gasteiger partial charge < -0.3 is 0 Å². The molecule has 0 aliphatic heterocycles. The van der Waals surface area contributed by atoms with Gasteiger partial charge >= 0.3 is 87.5 Å². The zero-order chi connectivity index (χ0) is 7.84. The van der Waals surface area contributed by atoms with Crippen LogP contribution in [-0.4, -0.2) is 18.7 Å². The van der Waals surface area contributed by atoms with E-state index in [-0.39, 0.29) is 14.7 Å². The van der Waals surface area contributed by atoms with Crippen LogP contribution in [0.3, 0.4) is 0 Å². The number of hydrogen-bond donors (Lipinski definition) is 0. The molecular formula is C7H3Br2NSe. The third kappa shape index (κ3) is 1.33. The molecule has 0 spiro atoms. The molecule has 1 aromatic heterocycles. The molecule has 0 aliphatic rings. The molecule has 1 nitrogen and oxygen atoms in total. The van der Waals surface area contributed by atoms with E-state index in [4.69, 9.17) is 0 Å². The molecule has 0 saturated carbocycles. The van der Waals surface area contributed by atoms with Gasteiger partial charge in [-0.05, 0) is 0 Å². The molecule has 2 aromatic rings. The van der Waals surface area contributed by atoms with Crippen molar-refractivity contribution in [3.8, 4) is 0 Å². The van der Waals surface area contributed by atoms with E-state index in [1.807, 2.05) is 12.3 Å². The Morgan fingerprint density at radius 2 is 1.91 bits per heavy atom. The van der Waals surface area contributed by atoms with Gasteiger partial charge in [-0.3, -0.25) is 0 Å². The van der Waals surface area contributed by atoms with Crippen LogP contribution in [0.2, 0.25) is 0 Å². The van der Waals surface area contributed by atoms with Crippen LogP contribution in [0, 0.1) is 0 Å². The van der Waals surface area contributed by atoms with Crippen molar-refractivity contribution in [2.24, 2.45) is 0 Å². The van der Waals surface area contributed by atoms with Gasteiger partial charge in [0.05, 0.1) is 0 Å². The zero-order valence-electron chi connectivity index (χ0n) is 5.34. The normalized spacial score (nSPS) is 10.7. The number of fused-ring (bicyclic) bond motifs is 1. The van der Waals surface area contributed by atoms with Gasteiger partial charge in [0.25, 0.3) is 0 Å². The zero-order valence-corrected chi connectivity index (χ0v) is 10.2. The van der Waals surface area contributed by atoms with Crippen LogP contribution < -0.4 is 0 Å². The second-order valence-corrected chi connectivity index (χ2v) is 5.49. The summed E-state index contributed by atoms with van der Waals surface area (Å²) in [4.78, 5) is 0. The van der Waals surface area contributed by atoms with Crippen LogP contribution in [0.5, 0.6) is 0 Å².